The molecule has 2 unspecified atom stereocenters. The van der Waals surface area contributed by atoms with Gasteiger partial charge in [-0.3, -0.25) is 5.32 Å². The van der Waals surface area contributed by atoms with Crippen LogP contribution >= 0.6 is 0 Å². The van der Waals surface area contributed by atoms with Crippen molar-refractivity contribution < 1.29 is 9.84 Å². The lowest BCUT2D eigenvalue weighted by molar-refractivity contribution is 0.173. The predicted molar refractivity (Wildman–Crippen MR) is 126 cm³/mol. The van der Waals surface area contributed by atoms with Gasteiger partial charge in [-0.1, -0.05) is 32.1 Å². The lowest BCUT2D eigenvalue weighted by atomic mass is 9.83. The molecule has 2 N–H and O–H groups in total. The van der Waals surface area contributed by atoms with Gasteiger partial charge in [0.25, 0.3) is 0 Å². The van der Waals surface area contributed by atoms with E-state index in [-0.39, 0.29) is 24.2 Å². The van der Waals surface area contributed by atoms with Crippen LogP contribution in [0, 0.1) is 12.3 Å². The summed E-state index contributed by atoms with van der Waals surface area (Å²) in [5.74, 6) is 0.757. The van der Waals surface area contributed by atoms with Crippen molar-refractivity contribution in [3.8, 4) is 22.7 Å². The molecule has 2 atom stereocenters. The van der Waals surface area contributed by atoms with Gasteiger partial charge in [0.2, 0.25) is 0 Å². The van der Waals surface area contributed by atoms with E-state index in [2.05, 4.69) is 48.3 Å². The Morgan fingerprint density at radius 2 is 1.97 bits per heavy atom. The van der Waals surface area contributed by atoms with Gasteiger partial charge in [0.15, 0.2) is 0 Å². The molecule has 174 valence electrons. The Hall–Kier alpha value is -2.71. The van der Waals surface area contributed by atoms with Crippen LogP contribution < -0.4 is 10.1 Å². The highest BCUT2D eigenvalue weighted by Gasteiger charge is 2.23. The van der Waals surface area contributed by atoms with E-state index in [0.717, 1.165) is 47.7 Å². The Morgan fingerprint density at radius 1 is 1.19 bits per heavy atom. The van der Waals surface area contributed by atoms with Gasteiger partial charge in [-0.05, 0) is 50.7 Å². The number of nitrogens with zero attached hydrogens (tertiary/aromatic N) is 5. The Labute approximate surface area is 190 Å². The summed E-state index contributed by atoms with van der Waals surface area (Å²) >= 11 is 0. The van der Waals surface area contributed by atoms with Crippen LogP contribution in [0.4, 0.5) is 0 Å². The van der Waals surface area contributed by atoms with Gasteiger partial charge in [-0.15, -0.1) is 5.10 Å². The zero-order valence-electron chi connectivity index (χ0n) is 20.0. The lowest BCUT2D eigenvalue weighted by Gasteiger charge is -2.31. The van der Waals surface area contributed by atoms with E-state index in [1.54, 1.807) is 13.4 Å². The second kappa shape index (κ2) is 10.3. The molecule has 0 aliphatic carbocycles. The molecule has 1 aromatic carbocycles. The van der Waals surface area contributed by atoms with E-state index < -0.39 is 0 Å². The van der Waals surface area contributed by atoms with Crippen LogP contribution in [-0.4, -0.2) is 49.5 Å². The van der Waals surface area contributed by atoms with Crippen LogP contribution in [0.25, 0.3) is 16.9 Å². The van der Waals surface area contributed by atoms with Crippen molar-refractivity contribution in [3.63, 3.8) is 0 Å². The number of methoxy groups -OCH3 is 1. The lowest BCUT2D eigenvalue weighted by Crippen LogP contribution is -2.40. The second-order valence-electron chi connectivity index (χ2n) is 9.45. The molecule has 2 aromatic heterocycles. The zero-order valence-corrected chi connectivity index (χ0v) is 20.0. The number of imidazole rings is 1. The Kier molecular flexibility index (Phi) is 7.69. The maximum absolute atomic E-state index is 9.27. The van der Waals surface area contributed by atoms with Gasteiger partial charge in [-0.25, -0.2) is 9.67 Å². The molecule has 3 rings (SSSR count). The number of aromatic nitrogens is 5. The van der Waals surface area contributed by atoms with Crippen molar-refractivity contribution in [2.24, 2.45) is 5.41 Å². The number of aryl methyl sites for hydroxylation is 1. The highest BCUT2D eigenvalue weighted by Crippen LogP contribution is 2.30. The standard InChI is InChI=1S/C24H36N6O2/c1-17-13-29(15-25-17)21-11-10-19(12-22(21)32-6)20-14-30(28-27-20)18(2)8-7-9-23(26-16-31)24(3,4)5/h10-15,18,23,26,31H,7-9,16H2,1-6H3. The summed E-state index contributed by atoms with van der Waals surface area (Å²) < 4.78 is 9.50. The molecule has 8 nitrogen and oxygen atoms in total. The average molecular weight is 441 g/mol. The molecule has 0 saturated carbocycles. The maximum atomic E-state index is 9.27. The summed E-state index contributed by atoms with van der Waals surface area (Å²) in [7, 11) is 1.67. The zero-order chi connectivity index (χ0) is 23.3. The van der Waals surface area contributed by atoms with Gasteiger partial charge in [-0.2, -0.15) is 0 Å². The molecular formula is C24H36N6O2. The van der Waals surface area contributed by atoms with Gasteiger partial charge in [0, 0.05) is 17.8 Å². The molecule has 32 heavy (non-hydrogen) atoms. The topological polar surface area (TPSA) is 90.0 Å². The van der Waals surface area contributed by atoms with E-state index in [4.69, 9.17) is 4.74 Å². The van der Waals surface area contributed by atoms with Gasteiger partial charge >= 0.3 is 0 Å². The summed E-state index contributed by atoms with van der Waals surface area (Å²) in [5.41, 5.74) is 3.77. The number of aliphatic hydroxyl groups excluding tert-OH is 1. The number of ether oxygens (including phenoxy) is 1. The minimum absolute atomic E-state index is 0.00658. The van der Waals surface area contributed by atoms with Crippen molar-refractivity contribution in [1.29, 1.82) is 0 Å². The second-order valence-corrected chi connectivity index (χ2v) is 9.45. The van der Waals surface area contributed by atoms with Crippen LogP contribution in [0.5, 0.6) is 5.75 Å². The number of benzene rings is 1. The van der Waals surface area contributed by atoms with Crippen molar-refractivity contribution >= 4 is 0 Å². The highest BCUT2D eigenvalue weighted by atomic mass is 16.5. The molecule has 0 bridgehead atoms. The molecule has 2 heterocycles. The largest absolute Gasteiger partial charge is 0.495 e. The summed E-state index contributed by atoms with van der Waals surface area (Å²) in [6.45, 7) is 10.7. The molecule has 0 aliphatic rings. The molecule has 0 aliphatic heterocycles. The summed E-state index contributed by atoms with van der Waals surface area (Å²) in [6, 6.07) is 6.54. The van der Waals surface area contributed by atoms with Gasteiger partial charge in [0.05, 0.1) is 43.8 Å². The molecule has 0 spiro atoms. The van der Waals surface area contributed by atoms with Crippen LogP contribution in [0.15, 0.2) is 36.9 Å². The Balaban J connectivity index is 1.67. The third-order valence-electron chi connectivity index (χ3n) is 5.93. The summed E-state index contributed by atoms with van der Waals surface area (Å²) in [6.07, 6.45) is 8.78. The van der Waals surface area contributed by atoms with E-state index >= 15 is 0 Å². The van der Waals surface area contributed by atoms with Crippen LogP contribution in [0.1, 0.15) is 58.7 Å². The minimum Gasteiger partial charge on any atom is -0.495 e. The number of hydrogen-bond acceptors (Lipinski definition) is 6. The van der Waals surface area contributed by atoms with Crippen LogP contribution in [0.2, 0.25) is 0 Å². The Bertz CT molecular complexity index is 1000. The minimum atomic E-state index is 0.00658. The van der Waals surface area contributed by atoms with Crippen LogP contribution in [0.3, 0.4) is 0 Å². The smallest absolute Gasteiger partial charge is 0.143 e. The number of rotatable bonds is 10. The average Bonchev–Trinajstić information content (AvgIpc) is 3.41. The maximum Gasteiger partial charge on any atom is 0.143 e. The van der Waals surface area contributed by atoms with Crippen molar-refractivity contribution in [2.45, 2.75) is 66.0 Å². The molecule has 0 radical (unpaired) electrons. The fourth-order valence-corrected chi connectivity index (χ4v) is 3.93. The van der Waals surface area contributed by atoms with Crippen molar-refractivity contribution in [3.05, 3.63) is 42.6 Å². The number of hydrogen-bond donors (Lipinski definition) is 2. The van der Waals surface area contributed by atoms with E-state index in [1.807, 2.05) is 46.8 Å². The highest BCUT2D eigenvalue weighted by molar-refractivity contribution is 5.64. The molecule has 0 amide bonds. The Morgan fingerprint density at radius 3 is 2.59 bits per heavy atom. The molecular weight excluding hydrogens is 404 g/mol. The van der Waals surface area contributed by atoms with E-state index in [1.165, 1.54) is 0 Å². The molecule has 0 fully saturated rings. The SMILES string of the molecule is COc1cc(-c2cn(C(C)CCCC(NCO)C(C)(C)C)nn2)ccc1-n1cnc(C)c1. The van der Waals surface area contributed by atoms with Crippen LogP contribution in [-0.2, 0) is 0 Å². The van der Waals surface area contributed by atoms with Crippen molar-refractivity contribution in [2.75, 3.05) is 13.8 Å². The first-order valence-electron chi connectivity index (χ1n) is 11.2. The first-order chi connectivity index (χ1) is 15.2. The fraction of sp³-hybridized carbons (Fsp3) is 0.542. The monoisotopic (exact) mass is 440 g/mol. The third kappa shape index (κ3) is 5.75. The summed E-state index contributed by atoms with van der Waals surface area (Å²) in [5, 5.41) is 21.2. The predicted octanol–water partition coefficient (Wildman–Crippen LogP) is 4.13. The van der Waals surface area contributed by atoms with Crippen molar-refractivity contribution in [1.82, 2.24) is 29.9 Å². The number of nitrogens with one attached hydrogen (secondary N) is 1. The first kappa shape index (κ1) is 23.9. The molecule has 3 aromatic rings. The van der Waals surface area contributed by atoms with Gasteiger partial charge < -0.3 is 14.4 Å². The summed E-state index contributed by atoms with van der Waals surface area (Å²) in [4.78, 5) is 4.30. The quantitative estimate of drug-likeness (QED) is 0.461. The first-order valence-corrected chi connectivity index (χ1v) is 11.2. The van der Waals surface area contributed by atoms with E-state index in [0.29, 0.717) is 0 Å². The molecule has 0 saturated heterocycles. The molecule has 8 heteroatoms. The normalized spacial score (nSPS) is 13.8. The van der Waals surface area contributed by atoms with Gasteiger partial charge in [0.1, 0.15) is 11.4 Å². The third-order valence-corrected chi connectivity index (χ3v) is 5.93. The fourth-order valence-electron chi connectivity index (χ4n) is 3.93. The number of aliphatic hydroxyl groups is 1. The van der Waals surface area contributed by atoms with E-state index in [9.17, 15) is 5.11 Å².